The topological polar surface area (TPSA) is 98.3 Å². The van der Waals surface area contributed by atoms with Gasteiger partial charge in [-0.1, -0.05) is 6.07 Å². The van der Waals surface area contributed by atoms with Crippen molar-refractivity contribution in [1.29, 1.82) is 0 Å². The average Bonchev–Trinajstić information content (AvgIpc) is 2.95. The lowest BCUT2D eigenvalue weighted by Crippen LogP contribution is -2.28. The van der Waals surface area contributed by atoms with Crippen LogP contribution in [0.4, 0.5) is 14.5 Å². The SMILES string of the molecule is Cc1ccc(S(=O)(=O)N(C)Cc2nccn2C(F)F)cc1[N+](=O)[O-]. The van der Waals surface area contributed by atoms with Crippen LogP contribution < -0.4 is 0 Å². The quantitative estimate of drug-likeness (QED) is 0.581. The number of hydrogen-bond acceptors (Lipinski definition) is 5. The van der Waals surface area contributed by atoms with E-state index in [1.807, 2.05) is 0 Å². The van der Waals surface area contributed by atoms with Crippen molar-refractivity contribution in [1.82, 2.24) is 13.9 Å². The number of nitro groups is 1. The van der Waals surface area contributed by atoms with Gasteiger partial charge in [-0.05, 0) is 13.0 Å². The summed E-state index contributed by atoms with van der Waals surface area (Å²) in [5, 5.41) is 10.9. The van der Waals surface area contributed by atoms with Crippen LogP contribution >= 0.6 is 0 Å². The smallest absolute Gasteiger partial charge is 0.277 e. The maximum absolute atomic E-state index is 12.8. The molecule has 0 aliphatic rings. The highest BCUT2D eigenvalue weighted by Crippen LogP contribution is 2.25. The van der Waals surface area contributed by atoms with Crippen LogP contribution in [-0.4, -0.2) is 34.2 Å². The van der Waals surface area contributed by atoms with Gasteiger partial charge in [-0.2, -0.15) is 13.1 Å². The second-order valence-corrected chi connectivity index (χ2v) is 7.04. The molecule has 2 aromatic rings. The Labute approximate surface area is 136 Å². The van der Waals surface area contributed by atoms with Gasteiger partial charge in [-0.3, -0.25) is 14.7 Å². The van der Waals surface area contributed by atoms with E-state index < -0.39 is 28.0 Å². The zero-order valence-corrected chi connectivity index (χ0v) is 13.6. The molecule has 11 heteroatoms. The molecule has 24 heavy (non-hydrogen) atoms. The number of hydrogen-bond donors (Lipinski definition) is 0. The molecular formula is C13H14F2N4O4S. The average molecular weight is 360 g/mol. The predicted octanol–water partition coefficient (Wildman–Crippen LogP) is 2.32. The van der Waals surface area contributed by atoms with Gasteiger partial charge < -0.3 is 0 Å². The standard InChI is InChI=1S/C13H14F2N4O4S/c1-9-3-4-10(7-11(9)19(20)21)24(22,23)17(2)8-12-16-5-6-18(12)13(14)15/h3-7,13H,8H2,1-2H3. The second-order valence-electron chi connectivity index (χ2n) is 4.99. The van der Waals surface area contributed by atoms with Crippen LogP contribution in [0.1, 0.15) is 17.9 Å². The lowest BCUT2D eigenvalue weighted by Gasteiger charge is -2.17. The minimum absolute atomic E-state index is 0.141. The summed E-state index contributed by atoms with van der Waals surface area (Å²) in [6.45, 7) is -1.77. The molecule has 0 spiro atoms. The summed E-state index contributed by atoms with van der Waals surface area (Å²) in [7, 11) is -2.91. The van der Waals surface area contributed by atoms with Crippen LogP contribution in [-0.2, 0) is 16.6 Å². The Bertz CT molecular complexity index is 867. The van der Waals surface area contributed by atoms with Crippen molar-refractivity contribution >= 4 is 15.7 Å². The van der Waals surface area contributed by atoms with Gasteiger partial charge >= 0.3 is 6.55 Å². The van der Waals surface area contributed by atoms with Crippen molar-refractivity contribution in [2.45, 2.75) is 24.9 Å². The molecule has 0 atom stereocenters. The highest BCUT2D eigenvalue weighted by atomic mass is 32.2. The molecule has 8 nitrogen and oxygen atoms in total. The van der Waals surface area contributed by atoms with Gasteiger partial charge in [0.15, 0.2) is 0 Å². The third-order valence-electron chi connectivity index (χ3n) is 3.41. The summed E-state index contributed by atoms with van der Waals surface area (Å²) in [6.07, 6.45) is 2.18. The van der Waals surface area contributed by atoms with Crippen molar-refractivity contribution in [3.05, 3.63) is 52.1 Å². The summed E-state index contributed by atoms with van der Waals surface area (Å²) in [5.41, 5.74) is -0.0200. The number of halogens is 2. The van der Waals surface area contributed by atoms with Gasteiger partial charge in [-0.15, -0.1) is 0 Å². The number of aryl methyl sites for hydroxylation is 1. The summed E-state index contributed by atoms with van der Waals surface area (Å²) < 4.78 is 52.0. The van der Waals surface area contributed by atoms with E-state index in [4.69, 9.17) is 0 Å². The minimum Gasteiger partial charge on any atom is -0.277 e. The van der Waals surface area contributed by atoms with E-state index in [9.17, 15) is 27.3 Å². The molecule has 0 unspecified atom stereocenters. The normalized spacial score (nSPS) is 12.1. The first kappa shape index (κ1) is 17.9. The zero-order valence-electron chi connectivity index (χ0n) is 12.8. The third kappa shape index (κ3) is 3.41. The van der Waals surface area contributed by atoms with Crippen molar-refractivity contribution in [2.75, 3.05) is 7.05 Å². The Morgan fingerprint density at radius 1 is 1.42 bits per heavy atom. The van der Waals surface area contributed by atoms with E-state index in [2.05, 4.69) is 4.98 Å². The van der Waals surface area contributed by atoms with E-state index in [-0.39, 0.29) is 16.4 Å². The first-order valence-electron chi connectivity index (χ1n) is 6.66. The Morgan fingerprint density at radius 3 is 2.67 bits per heavy atom. The van der Waals surface area contributed by atoms with E-state index in [0.717, 1.165) is 22.8 Å². The van der Waals surface area contributed by atoms with E-state index >= 15 is 0 Å². The highest BCUT2D eigenvalue weighted by Gasteiger charge is 2.26. The van der Waals surface area contributed by atoms with Gasteiger partial charge in [0.2, 0.25) is 10.0 Å². The number of benzene rings is 1. The summed E-state index contributed by atoms with van der Waals surface area (Å²) >= 11 is 0. The molecule has 0 radical (unpaired) electrons. The van der Waals surface area contributed by atoms with Gasteiger partial charge in [0, 0.05) is 31.1 Å². The lowest BCUT2D eigenvalue weighted by molar-refractivity contribution is -0.385. The molecule has 0 amide bonds. The Balaban J connectivity index is 2.34. The van der Waals surface area contributed by atoms with Crippen molar-refractivity contribution in [3.63, 3.8) is 0 Å². The van der Waals surface area contributed by atoms with E-state index in [1.54, 1.807) is 0 Å². The fraction of sp³-hybridized carbons (Fsp3) is 0.308. The summed E-state index contributed by atoms with van der Waals surface area (Å²) in [4.78, 5) is 13.7. The van der Waals surface area contributed by atoms with Crippen LogP contribution in [0.15, 0.2) is 35.5 Å². The Kier molecular flexibility index (Phi) is 4.94. The number of sulfonamides is 1. The lowest BCUT2D eigenvalue weighted by atomic mass is 10.2. The number of alkyl halides is 2. The van der Waals surface area contributed by atoms with Crippen LogP contribution in [0.3, 0.4) is 0 Å². The third-order valence-corrected chi connectivity index (χ3v) is 5.21. The molecule has 0 N–H and O–H groups in total. The number of nitrogens with zero attached hydrogens (tertiary/aromatic N) is 4. The summed E-state index contributed by atoms with van der Waals surface area (Å²) in [6, 6.07) is 3.49. The summed E-state index contributed by atoms with van der Waals surface area (Å²) in [5.74, 6) is -0.141. The molecule has 1 heterocycles. The Hall–Kier alpha value is -2.40. The molecule has 2 rings (SSSR count). The Morgan fingerprint density at radius 2 is 2.08 bits per heavy atom. The molecule has 0 aliphatic carbocycles. The minimum atomic E-state index is -4.10. The molecule has 0 saturated heterocycles. The molecule has 130 valence electrons. The largest absolute Gasteiger partial charge is 0.319 e. The number of nitro benzene ring substituents is 1. The molecule has 0 fully saturated rings. The molecule has 0 saturated carbocycles. The number of imidazole rings is 1. The molecule has 0 aliphatic heterocycles. The van der Waals surface area contributed by atoms with Gasteiger partial charge in [0.25, 0.3) is 5.69 Å². The van der Waals surface area contributed by atoms with Gasteiger partial charge in [-0.25, -0.2) is 13.4 Å². The maximum Gasteiger partial charge on any atom is 0.319 e. The van der Waals surface area contributed by atoms with Crippen LogP contribution in [0.25, 0.3) is 0 Å². The van der Waals surface area contributed by atoms with E-state index in [0.29, 0.717) is 10.1 Å². The van der Waals surface area contributed by atoms with Gasteiger partial charge in [0.1, 0.15) is 5.82 Å². The highest BCUT2D eigenvalue weighted by molar-refractivity contribution is 7.89. The van der Waals surface area contributed by atoms with Crippen LogP contribution in [0.2, 0.25) is 0 Å². The second kappa shape index (κ2) is 6.61. The van der Waals surface area contributed by atoms with E-state index in [1.165, 1.54) is 26.1 Å². The molecule has 0 bridgehead atoms. The monoisotopic (exact) mass is 360 g/mol. The zero-order chi connectivity index (χ0) is 18.1. The van der Waals surface area contributed by atoms with Crippen LogP contribution in [0, 0.1) is 17.0 Å². The van der Waals surface area contributed by atoms with Gasteiger partial charge in [0.05, 0.1) is 16.4 Å². The first-order chi connectivity index (χ1) is 11.1. The fourth-order valence-corrected chi connectivity index (χ4v) is 3.20. The maximum atomic E-state index is 12.8. The first-order valence-corrected chi connectivity index (χ1v) is 8.10. The predicted molar refractivity (Wildman–Crippen MR) is 80.0 cm³/mol. The molecule has 1 aromatic carbocycles. The van der Waals surface area contributed by atoms with Crippen molar-refractivity contribution in [3.8, 4) is 0 Å². The molecular weight excluding hydrogens is 346 g/mol. The molecule has 1 aromatic heterocycles. The number of aromatic nitrogens is 2. The van der Waals surface area contributed by atoms with Crippen LogP contribution in [0.5, 0.6) is 0 Å². The van der Waals surface area contributed by atoms with Crippen molar-refractivity contribution in [2.24, 2.45) is 0 Å². The number of rotatable bonds is 6. The fourth-order valence-electron chi connectivity index (χ4n) is 2.05. The van der Waals surface area contributed by atoms with Crippen molar-refractivity contribution < 1.29 is 22.1 Å².